The highest BCUT2D eigenvalue weighted by atomic mass is 16.5. The van der Waals surface area contributed by atoms with Crippen molar-refractivity contribution in [2.45, 2.75) is 128 Å². The predicted octanol–water partition coefficient (Wildman–Crippen LogP) is 6.93. The van der Waals surface area contributed by atoms with E-state index in [1.807, 2.05) is 32.9 Å². The quantitative estimate of drug-likeness (QED) is 0.132. The summed E-state index contributed by atoms with van der Waals surface area (Å²) in [5.41, 5.74) is -0.141. The molecule has 472 valence electrons. The molecule has 21 heteroatoms. The number of nitrogens with one attached hydrogen (secondary N) is 1. The second kappa shape index (κ2) is 30.4. The first-order valence-corrected chi connectivity index (χ1v) is 29.9. The summed E-state index contributed by atoms with van der Waals surface area (Å²) in [6.07, 6.45) is 4.70. The number of piperidine rings is 1. The minimum atomic E-state index is -1.50. The van der Waals surface area contributed by atoms with Crippen LogP contribution in [0, 0.1) is 5.41 Å². The van der Waals surface area contributed by atoms with Crippen molar-refractivity contribution in [3.63, 3.8) is 0 Å². The van der Waals surface area contributed by atoms with E-state index in [4.69, 9.17) is 28.4 Å². The number of hydrogen-bond donors (Lipinski definition) is 1. The molecule has 2 unspecified atom stereocenters. The minimum Gasteiger partial charge on any atom is -0.493 e. The van der Waals surface area contributed by atoms with Gasteiger partial charge in [-0.05, 0) is 133 Å². The van der Waals surface area contributed by atoms with Gasteiger partial charge in [-0.3, -0.25) is 33.6 Å². The van der Waals surface area contributed by atoms with Crippen molar-refractivity contribution >= 4 is 53.2 Å². The number of ether oxygens (including phenoxy) is 6. The fraction of sp³-hybridized carbons (Fsp3) is 0.478. The summed E-state index contributed by atoms with van der Waals surface area (Å²) >= 11 is 0. The summed E-state index contributed by atoms with van der Waals surface area (Å²) in [4.78, 5) is 137. The Morgan fingerprint density at radius 1 is 0.659 bits per heavy atom. The average Bonchev–Trinajstić information content (AvgIpc) is 1.88. The lowest BCUT2D eigenvalue weighted by Gasteiger charge is -2.37. The third-order valence-electron chi connectivity index (χ3n) is 16.1. The molecule has 7 rings (SSSR count). The molecule has 3 heterocycles. The second-order valence-electron chi connectivity index (χ2n) is 24.0. The molecule has 2 fully saturated rings. The number of carbonyl (C=O) groups excluding carboxylic acids is 9. The Balaban J connectivity index is 1.24. The highest BCUT2D eigenvalue weighted by Gasteiger charge is 2.45. The molecule has 2 saturated heterocycles. The fourth-order valence-corrected chi connectivity index (χ4v) is 10.9. The van der Waals surface area contributed by atoms with Crippen molar-refractivity contribution < 1.29 is 71.6 Å². The van der Waals surface area contributed by atoms with E-state index in [-0.39, 0.29) is 57.2 Å². The van der Waals surface area contributed by atoms with Gasteiger partial charge in [0.05, 0.1) is 31.8 Å². The van der Waals surface area contributed by atoms with E-state index in [1.165, 1.54) is 78.8 Å². The molecule has 0 aliphatic carbocycles. The van der Waals surface area contributed by atoms with E-state index in [0.717, 1.165) is 5.56 Å². The monoisotopic (exact) mass is 1210 g/mol. The topological polar surface area (TPSA) is 237 Å². The third kappa shape index (κ3) is 17.1. The normalized spacial score (nSPS) is 23.4. The molecular formula is C67H84N6O15. The molecule has 2 bridgehead atoms. The van der Waals surface area contributed by atoms with Gasteiger partial charge in [-0.1, -0.05) is 84.9 Å². The number of Topliss-reactive ketones (excluding diaryl/α,β-unsaturated/α-hetero) is 1. The van der Waals surface area contributed by atoms with E-state index in [1.54, 1.807) is 98.0 Å². The van der Waals surface area contributed by atoms with E-state index < -0.39 is 108 Å². The van der Waals surface area contributed by atoms with Crippen molar-refractivity contribution in [3.8, 4) is 17.2 Å². The van der Waals surface area contributed by atoms with E-state index in [2.05, 4.69) is 5.32 Å². The molecule has 3 aliphatic heterocycles. The number of hydrogen-bond acceptors (Lipinski definition) is 15. The van der Waals surface area contributed by atoms with Crippen molar-refractivity contribution in [2.75, 3.05) is 74.8 Å². The number of carbonyl (C=O) groups is 9. The van der Waals surface area contributed by atoms with Crippen LogP contribution in [0.4, 0.5) is 0 Å². The van der Waals surface area contributed by atoms with Gasteiger partial charge in [0.15, 0.2) is 18.1 Å². The molecule has 3 aliphatic rings. The predicted molar refractivity (Wildman–Crippen MR) is 325 cm³/mol. The van der Waals surface area contributed by atoms with E-state index >= 15 is 9.59 Å². The molecule has 0 spiro atoms. The number of fused-ring (bicyclic) bond motifs is 4. The van der Waals surface area contributed by atoms with Crippen molar-refractivity contribution in [1.82, 2.24) is 29.8 Å². The van der Waals surface area contributed by atoms with Crippen LogP contribution >= 0.6 is 0 Å². The first-order valence-electron chi connectivity index (χ1n) is 29.9. The lowest BCUT2D eigenvalue weighted by Crippen LogP contribution is -2.57. The number of amides is 6. The largest absolute Gasteiger partial charge is 0.493 e. The zero-order valence-electron chi connectivity index (χ0n) is 52.2. The Kier molecular flexibility index (Phi) is 23.1. The van der Waals surface area contributed by atoms with Crippen LogP contribution in [-0.2, 0) is 63.8 Å². The average molecular weight is 1210 g/mol. The van der Waals surface area contributed by atoms with Gasteiger partial charge in [0.1, 0.15) is 48.7 Å². The van der Waals surface area contributed by atoms with Crippen LogP contribution < -0.4 is 19.5 Å². The van der Waals surface area contributed by atoms with Gasteiger partial charge in [0.25, 0.3) is 11.8 Å². The molecule has 4 aromatic rings. The van der Waals surface area contributed by atoms with Crippen molar-refractivity contribution in [1.29, 1.82) is 0 Å². The maximum Gasteiger partial charge on any atom is 0.330 e. The molecule has 6 atom stereocenters. The highest BCUT2D eigenvalue weighted by Crippen LogP contribution is 2.34. The molecule has 88 heavy (non-hydrogen) atoms. The first kappa shape index (κ1) is 66.9. The molecule has 0 aromatic heterocycles. The molecule has 0 saturated carbocycles. The fourth-order valence-electron chi connectivity index (χ4n) is 10.9. The number of rotatable bonds is 9. The Hall–Kier alpha value is -8.59. The molecule has 1 N–H and O–H groups in total. The van der Waals surface area contributed by atoms with Gasteiger partial charge >= 0.3 is 11.9 Å². The Morgan fingerprint density at radius 2 is 1.32 bits per heavy atom. The van der Waals surface area contributed by atoms with Crippen LogP contribution in [0.5, 0.6) is 17.2 Å². The summed E-state index contributed by atoms with van der Waals surface area (Å²) in [6.45, 7) is 7.58. The molecule has 4 aromatic carbocycles. The van der Waals surface area contributed by atoms with Gasteiger partial charge in [-0.15, -0.1) is 0 Å². The number of benzene rings is 4. The van der Waals surface area contributed by atoms with E-state index in [0.29, 0.717) is 60.3 Å². The van der Waals surface area contributed by atoms with Gasteiger partial charge < -0.3 is 58.2 Å². The second-order valence-corrected chi connectivity index (χ2v) is 24.0. The Bertz CT molecular complexity index is 3160. The zero-order valence-corrected chi connectivity index (χ0v) is 52.2. The SMILES string of the molecule is COc1ccc(CC[C@H]2OC(=O)[C@@H]3CCCCN3C(=O)C(=O)C(C)(C)COC(=O)/C=C\CCN(C)C(=O)[C@@H]3CCCN3C(=O)[C@H](COC(C)(C)C)N(C)C(=O)C(c3ccccc3)NC(=O)C(c3ccccc3)N(C)C(=O)COc3cccc2c3)cc1OC. The summed E-state index contributed by atoms with van der Waals surface area (Å²) in [5, 5.41) is 2.93. The number of methoxy groups -OCH3 is 2. The van der Waals surface area contributed by atoms with E-state index in [9.17, 15) is 33.6 Å². The lowest BCUT2D eigenvalue weighted by atomic mass is 9.87. The van der Waals surface area contributed by atoms with Gasteiger partial charge in [0.2, 0.25) is 29.4 Å². The van der Waals surface area contributed by atoms with Gasteiger partial charge in [0, 0.05) is 46.9 Å². The summed E-state index contributed by atoms with van der Waals surface area (Å²) in [5.74, 6) is -4.99. The number of aryl methyl sites for hydroxylation is 1. The van der Waals surface area contributed by atoms with Crippen molar-refractivity contribution in [3.05, 3.63) is 138 Å². The number of likely N-dealkylation sites (N-methyl/N-ethyl adjacent to an activating group) is 3. The first-order chi connectivity index (χ1) is 41.9. The van der Waals surface area contributed by atoms with Gasteiger partial charge in [-0.25, -0.2) is 9.59 Å². The maximum atomic E-state index is 15.2. The molecule has 6 amide bonds. The van der Waals surface area contributed by atoms with Crippen molar-refractivity contribution in [2.24, 2.45) is 5.41 Å². The van der Waals surface area contributed by atoms with Gasteiger partial charge in [-0.2, -0.15) is 0 Å². The molecule has 0 radical (unpaired) electrons. The number of esters is 2. The number of ketones is 1. The molecular weight excluding hydrogens is 1130 g/mol. The summed E-state index contributed by atoms with van der Waals surface area (Å²) in [7, 11) is 7.55. The standard InChI is InChI=1S/C67H84N6O15/c1-66(2,3)87-41-51-62(79)72-38-22-30-49(72)61(78)69(6)36-19-18-31-56(75)86-43-67(4,5)59(76)64(81)73-37-20-17-29-50(73)65(82)88-52(34-32-44-33-35-53(83-9)54(39-44)84-10)47-27-21-28-48(40-47)85-42-55(74)71(8)58(46-25-15-12-16-26-46)60(77)68-57(63(80)70(51)7)45-23-13-11-14-24-45/h11-16,18,21,23-28,31,33,35,39-40,49-52,57-58H,17,19-20,22,29-30,32,34,36-38,41-43H2,1-10H3,(H,68,77)/b31-18-/t49-,50-,51-,52+,57?,58?/m0/s1. The Morgan fingerprint density at radius 3 is 2.00 bits per heavy atom. The van der Waals surface area contributed by atoms with Crippen LogP contribution in [0.15, 0.2) is 115 Å². The lowest BCUT2D eigenvalue weighted by molar-refractivity contribution is -0.165. The van der Waals surface area contributed by atoms with Crippen LogP contribution in [0.2, 0.25) is 0 Å². The van der Waals surface area contributed by atoms with Crippen LogP contribution in [0.1, 0.15) is 120 Å². The summed E-state index contributed by atoms with van der Waals surface area (Å²) in [6, 6.07) is 23.2. The third-order valence-corrected chi connectivity index (χ3v) is 16.1. The number of cyclic esters (lactones) is 2. The van der Waals surface area contributed by atoms with Crippen LogP contribution in [-0.4, -0.2) is 176 Å². The minimum absolute atomic E-state index is 0.0971. The Labute approximate surface area is 515 Å². The van der Waals surface area contributed by atoms with Crippen LogP contribution in [0.25, 0.3) is 0 Å². The highest BCUT2D eigenvalue weighted by molar-refractivity contribution is 6.38. The maximum absolute atomic E-state index is 15.2. The zero-order chi connectivity index (χ0) is 63.9. The van der Waals surface area contributed by atoms with Crippen LogP contribution in [0.3, 0.4) is 0 Å². The molecule has 21 nitrogen and oxygen atoms in total. The smallest absolute Gasteiger partial charge is 0.330 e. The summed E-state index contributed by atoms with van der Waals surface area (Å²) < 4.78 is 35.3. The number of nitrogens with zero attached hydrogens (tertiary/aromatic N) is 5.